The van der Waals surface area contributed by atoms with Gasteiger partial charge in [0.2, 0.25) is 0 Å². The molecule has 1 aliphatic rings. The van der Waals surface area contributed by atoms with E-state index in [1.165, 1.54) is 12.8 Å². The first-order valence-electron chi connectivity index (χ1n) is 7.29. The van der Waals surface area contributed by atoms with Crippen molar-refractivity contribution in [3.05, 3.63) is 53.3 Å². The summed E-state index contributed by atoms with van der Waals surface area (Å²) in [7, 11) is 0. The zero-order valence-corrected chi connectivity index (χ0v) is 11.8. The van der Waals surface area contributed by atoms with Crippen molar-refractivity contribution in [2.75, 3.05) is 6.54 Å². The van der Waals surface area contributed by atoms with Crippen LogP contribution in [0.25, 0.3) is 0 Å². The van der Waals surface area contributed by atoms with Crippen molar-refractivity contribution in [2.45, 2.75) is 31.8 Å². The van der Waals surface area contributed by atoms with Gasteiger partial charge < -0.3 is 5.11 Å². The van der Waals surface area contributed by atoms with Gasteiger partial charge in [-0.25, -0.2) is 4.79 Å². The molecule has 0 unspecified atom stereocenters. The Balaban J connectivity index is 1.78. The van der Waals surface area contributed by atoms with Crippen molar-refractivity contribution in [1.29, 1.82) is 0 Å². The Morgan fingerprint density at radius 1 is 1.38 bits per heavy atom. The largest absolute Gasteiger partial charge is 0.478 e. The lowest BCUT2D eigenvalue weighted by molar-refractivity contribution is 0.0696. The second-order valence-corrected chi connectivity index (χ2v) is 5.50. The van der Waals surface area contributed by atoms with Gasteiger partial charge in [-0.1, -0.05) is 18.6 Å². The number of carbonyl (C=O) groups is 1. The summed E-state index contributed by atoms with van der Waals surface area (Å²) in [6.07, 6.45) is 5.30. The molecular weight excluding hydrogens is 266 g/mol. The van der Waals surface area contributed by atoms with Crippen LogP contribution in [0.4, 0.5) is 0 Å². The molecule has 5 heteroatoms. The van der Waals surface area contributed by atoms with Crippen LogP contribution in [0, 0.1) is 0 Å². The molecule has 2 heterocycles. The number of aromatic amines is 1. The Hall–Kier alpha value is -2.14. The lowest BCUT2D eigenvalue weighted by Gasteiger charge is -2.35. The fourth-order valence-electron chi connectivity index (χ4n) is 3.02. The second-order valence-electron chi connectivity index (χ2n) is 5.50. The predicted octanol–water partition coefficient (Wildman–Crippen LogP) is 2.84. The quantitative estimate of drug-likeness (QED) is 0.906. The summed E-state index contributed by atoms with van der Waals surface area (Å²) in [5, 5.41) is 16.2. The van der Waals surface area contributed by atoms with Crippen LogP contribution >= 0.6 is 0 Å². The molecule has 0 saturated carbocycles. The molecule has 0 aliphatic carbocycles. The number of benzene rings is 1. The van der Waals surface area contributed by atoms with E-state index in [4.69, 9.17) is 5.11 Å². The summed E-state index contributed by atoms with van der Waals surface area (Å²) in [4.78, 5) is 13.5. The number of aromatic carboxylic acids is 1. The van der Waals surface area contributed by atoms with E-state index in [1.54, 1.807) is 18.3 Å². The smallest absolute Gasteiger partial charge is 0.335 e. The van der Waals surface area contributed by atoms with Gasteiger partial charge in [0.15, 0.2) is 0 Å². The van der Waals surface area contributed by atoms with Gasteiger partial charge in [-0.2, -0.15) is 5.10 Å². The van der Waals surface area contributed by atoms with Crippen molar-refractivity contribution < 1.29 is 9.90 Å². The van der Waals surface area contributed by atoms with Crippen LogP contribution in [0.1, 0.15) is 46.9 Å². The molecule has 1 saturated heterocycles. The number of likely N-dealkylation sites (tertiary alicyclic amines) is 1. The second kappa shape index (κ2) is 6.10. The highest BCUT2D eigenvalue weighted by molar-refractivity contribution is 5.87. The maximum absolute atomic E-state index is 11.1. The molecule has 110 valence electrons. The molecule has 0 radical (unpaired) electrons. The number of carboxylic acid groups (broad SMARTS) is 1. The van der Waals surface area contributed by atoms with E-state index in [2.05, 4.69) is 15.1 Å². The van der Waals surface area contributed by atoms with Crippen LogP contribution in [-0.2, 0) is 6.54 Å². The average Bonchev–Trinajstić information content (AvgIpc) is 3.02. The van der Waals surface area contributed by atoms with Crippen LogP contribution in [-0.4, -0.2) is 32.7 Å². The first-order valence-corrected chi connectivity index (χ1v) is 7.29. The third kappa shape index (κ3) is 3.13. The highest BCUT2D eigenvalue weighted by atomic mass is 16.4. The number of rotatable bonds is 4. The normalized spacial score (nSPS) is 19.5. The van der Waals surface area contributed by atoms with Gasteiger partial charge in [0, 0.05) is 12.7 Å². The van der Waals surface area contributed by atoms with E-state index in [0.717, 1.165) is 30.8 Å². The monoisotopic (exact) mass is 285 g/mol. The van der Waals surface area contributed by atoms with Crippen molar-refractivity contribution in [2.24, 2.45) is 0 Å². The van der Waals surface area contributed by atoms with Crippen molar-refractivity contribution in [1.82, 2.24) is 15.1 Å². The first kappa shape index (κ1) is 13.8. The summed E-state index contributed by atoms with van der Waals surface area (Å²) in [5.74, 6) is -0.874. The van der Waals surface area contributed by atoms with E-state index >= 15 is 0 Å². The number of nitrogens with one attached hydrogen (secondary N) is 1. The topological polar surface area (TPSA) is 69.2 Å². The van der Waals surface area contributed by atoms with Gasteiger partial charge in [0.1, 0.15) is 0 Å². The third-order valence-electron chi connectivity index (χ3n) is 4.05. The van der Waals surface area contributed by atoms with Gasteiger partial charge >= 0.3 is 5.97 Å². The molecular formula is C16H19N3O2. The van der Waals surface area contributed by atoms with Gasteiger partial charge in [0.25, 0.3) is 0 Å². The molecule has 21 heavy (non-hydrogen) atoms. The number of carboxylic acids is 1. The zero-order valence-electron chi connectivity index (χ0n) is 11.8. The van der Waals surface area contributed by atoms with Crippen molar-refractivity contribution in [3.8, 4) is 0 Å². The van der Waals surface area contributed by atoms with Crippen LogP contribution in [0.5, 0.6) is 0 Å². The minimum Gasteiger partial charge on any atom is -0.478 e. The number of hydrogen-bond donors (Lipinski definition) is 2. The summed E-state index contributed by atoms with van der Waals surface area (Å²) in [5.41, 5.74) is 2.54. The van der Waals surface area contributed by atoms with Crippen LogP contribution < -0.4 is 0 Å². The fraction of sp³-hybridized carbons (Fsp3) is 0.375. The molecule has 1 aromatic carbocycles. The molecule has 1 atom stereocenters. The molecule has 2 aromatic rings. The standard InChI is InChI=1S/C16H19N3O2/c20-16(21)13-5-3-4-12(10-13)11-19-9-2-1-6-15(19)14-7-8-17-18-14/h3-5,7-8,10,15H,1-2,6,9,11H2,(H,17,18)(H,20,21)/t15-/m1/s1. The molecule has 1 aliphatic heterocycles. The van der Waals surface area contributed by atoms with Crippen LogP contribution in [0.15, 0.2) is 36.5 Å². The summed E-state index contributed by atoms with van der Waals surface area (Å²) < 4.78 is 0. The first-order chi connectivity index (χ1) is 10.2. The summed E-state index contributed by atoms with van der Waals surface area (Å²) in [6.45, 7) is 1.80. The number of aromatic nitrogens is 2. The molecule has 5 nitrogen and oxygen atoms in total. The molecule has 1 fully saturated rings. The van der Waals surface area contributed by atoms with Crippen molar-refractivity contribution >= 4 is 5.97 Å². The summed E-state index contributed by atoms with van der Waals surface area (Å²) >= 11 is 0. The molecule has 1 aromatic heterocycles. The Kier molecular flexibility index (Phi) is 4.01. The Labute approximate surface area is 123 Å². The highest BCUT2D eigenvalue weighted by Gasteiger charge is 2.25. The van der Waals surface area contributed by atoms with Gasteiger partial charge in [-0.3, -0.25) is 10.00 Å². The zero-order chi connectivity index (χ0) is 14.7. The highest BCUT2D eigenvalue weighted by Crippen LogP contribution is 2.30. The number of nitrogens with zero attached hydrogens (tertiary/aromatic N) is 2. The van der Waals surface area contributed by atoms with Gasteiger partial charge in [0.05, 0.1) is 17.3 Å². The lowest BCUT2D eigenvalue weighted by atomic mass is 9.98. The van der Waals surface area contributed by atoms with Gasteiger partial charge in [-0.15, -0.1) is 0 Å². The van der Waals surface area contributed by atoms with Crippen LogP contribution in [0.3, 0.4) is 0 Å². The minimum absolute atomic E-state index is 0.342. The minimum atomic E-state index is -0.874. The Morgan fingerprint density at radius 3 is 3.05 bits per heavy atom. The predicted molar refractivity (Wildman–Crippen MR) is 79.0 cm³/mol. The van der Waals surface area contributed by atoms with E-state index in [0.29, 0.717) is 11.6 Å². The van der Waals surface area contributed by atoms with E-state index in [1.807, 2.05) is 18.2 Å². The Morgan fingerprint density at radius 2 is 2.29 bits per heavy atom. The number of H-pyrrole nitrogens is 1. The molecule has 0 bridgehead atoms. The molecule has 3 rings (SSSR count). The van der Waals surface area contributed by atoms with E-state index in [-0.39, 0.29) is 0 Å². The van der Waals surface area contributed by atoms with E-state index in [9.17, 15) is 4.79 Å². The number of hydrogen-bond acceptors (Lipinski definition) is 3. The third-order valence-corrected chi connectivity index (χ3v) is 4.05. The van der Waals surface area contributed by atoms with E-state index < -0.39 is 5.97 Å². The maximum atomic E-state index is 11.1. The Bertz CT molecular complexity index is 610. The fourth-order valence-corrected chi connectivity index (χ4v) is 3.02. The molecule has 0 amide bonds. The average molecular weight is 285 g/mol. The van der Waals surface area contributed by atoms with Gasteiger partial charge in [-0.05, 0) is 43.1 Å². The molecule has 0 spiro atoms. The number of piperidine rings is 1. The lowest BCUT2D eigenvalue weighted by Crippen LogP contribution is -2.33. The van der Waals surface area contributed by atoms with Crippen LogP contribution in [0.2, 0.25) is 0 Å². The molecule has 2 N–H and O–H groups in total. The summed E-state index contributed by atoms with van der Waals surface area (Å²) in [6, 6.07) is 9.57. The van der Waals surface area contributed by atoms with Crippen molar-refractivity contribution in [3.63, 3.8) is 0 Å². The maximum Gasteiger partial charge on any atom is 0.335 e. The SMILES string of the molecule is O=C(O)c1cccc(CN2CCCC[C@@H]2c2ccn[nH]2)c1.